The number of hydrogen-bond donors (Lipinski definition) is 1. The maximum absolute atomic E-state index is 14.1. The minimum atomic E-state index is -2.42. The van der Waals surface area contributed by atoms with Crippen LogP contribution in [-0.4, -0.2) is 50.2 Å². The van der Waals surface area contributed by atoms with Crippen LogP contribution in [0.4, 0.5) is 31.1 Å². The van der Waals surface area contributed by atoms with Crippen LogP contribution in [0.15, 0.2) is 42.9 Å². The third-order valence-corrected chi connectivity index (χ3v) is 6.81. The van der Waals surface area contributed by atoms with Gasteiger partial charge in [0.05, 0.1) is 12.0 Å². The molecule has 15 heteroatoms. The molecule has 44 heavy (non-hydrogen) atoms. The molecule has 1 saturated heterocycles. The van der Waals surface area contributed by atoms with E-state index in [1.165, 1.54) is 30.6 Å². The molecule has 4 rings (SSSR count). The van der Waals surface area contributed by atoms with E-state index in [1.807, 2.05) is 0 Å². The smallest absolute Gasteiger partial charge is 0.410 e. The number of aromatic nitrogens is 2. The van der Waals surface area contributed by atoms with Crippen molar-refractivity contribution in [3.8, 4) is 17.0 Å². The number of nitrogens with zero attached hydrogens (tertiary/aromatic N) is 3. The zero-order chi connectivity index (χ0) is 32.5. The van der Waals surface area contributed by atoms with E-state index in [1.54, 1.807) is 30.2 Å². The molecular weight excluding hydrogens is 614 g/mol. The first-order valence-electron chi connectivity index (χ1n) is 13.1. The fourth-order valence-corrected chi connectivity index (χ4v) is 4.74. The van der Waals surface area contributed by atoms with Gasteiger partial charge < -0.3 is 24.3 Å². The van der Waals surface area contributed by atoms with E-state index in [9.17, 15) is 35.9 Å². The van der Waals surface area contributed by atoms with Crippen molar-refractivity contribution in [1.29, 1.82) is 0 Å². The minimum Gasteiger partial charge on any atom is -0.444 e. The second kappa shape index (κ2) is 12.7. The number of imidazole rings is 1. The number of thiocarbonyl (C=S) groups is 1. The lowest BCUT2D eigenvalue weighted by atomic mass is 10.0. The summed E-state index contributed by atoms with van der Waals surface area (Å²) in [6.07, 6.45) is 1.93. The van der Waals surface area contributed by atoms with Crippen LogP contribution in [0.25, 0.3) is 11.3 Å². The van der Waals surface area contributed by atoms with Gasteiger partial charge in [-0.25, -0.2) is 32.1 Å². The van der Waals surface area contributed by atoms with Crippen LogP contribution in [0.3, 0.4) is 0 Å². The van der Waals surface area contributed by atoms with Crippen molar-refractivity contribution in [2.24, 2.45) is 0 Å². The molecule has 1 amide bonds. The molecule has 3 aromatic rings. The minimum absolute atomic E-state index is 0.171. The molecule has 0 atom stereocenters. The highest BCUT2D eigenvalue weighted by Crippen LogP contribution is 2.32. The number of amides is 1. The van der Waals surface area contributed by atoms with Gasteiger partial charge in [-0.05, 0) is 57.9 Å². The van der Waals surface area contributed by atoms with Gasteiger partial charge in [-0.15, -0.1) is 0 Å². The van der Waals surface area contributed by atoms with Crippen molar-refractivity contribution >= 4 is 29.3 Å². The number of benzene rings is 2. The first kappa shape index (κ1) is 32.5. The molecule has 0 bridgehead atoms. The van der Waals surface area contributed by atoms with E-state index in [-0.39, 0.29) is 22.4 Å². The highest BCUT2D eigenvalue weighted by molar-refractivity contribution is 7.80. The number of hydrogen-bond acceptors (Lipinski definition) is 6. The van der Waals surface area contributed by atoms with Crippen LogP contribution in [-0.2, 0) is 9.53 Å². The Hall–Kier alpha value is -4.40. The predicted octanol–water partition coefficient (Wildman–Crippen LogP) is 6.34. The lowest BCUT2D eigenvalue weighted by Gasteiger charge is -2.34. The maximum atomic E-state index is 14.1. The number of carbonyl (C=O) groups is 2. The topological polar surface area (TPSA) is 85.7 Å². The summed E-state index contributed by atoms with van der Waals surface area (Å²) in [5, 5.41) is 2.47. The molecule has 1 fully saturated rings. The zero-order valence-electron chi connectivity index (χ0n) is 23.7. The second-order valence-corrected chi connectivity index (χ2v) is 11.2. The summed E-state index contributed by atoms with van der Waals surface area (Å²) >= 11 is 5.52. The lowest BCUT2D eigenvalue weighted by Crippen LogP contribution is -2.42. The third kappa shape index (κ3) is 6.87. The summed E-state index contributed by atoms with van der Waals surface area (Å²) in [4.78, 5) is 30.9. The molecule has 2 aromatic carbocycles. The molecule has 0 aliphatic carbocycles. The van der Waals surface area contributed by atoms with Gasteiger partial charge in [0.1, 0.15) is 27.8 Å². The average molecular weight is 641 g/mol. The average Bonchev–Trinajstić information content (AvgIpc) is 3.42. The van der Waals surface area contributed by atoms with Crippen molar-refractivity contribution < 1.29 is 45.4 Å². The van der Waals surface area contributed by atoms with Crippen LogP contribution >= 0.6 is 12.2 Å². The van der Waals surface area contributed by atoms with Crippen molar-refractivity contribution in [1.82, 2.24) is 19.8 Å². The van der Waals surface area contributed by atoms with Crippen LogP contribution in [0.2, 0.25) is 0 Å². The number of likely N-dealkylation sites (tertiary alicyclic amines) is 1. The molecule has 0 radical (unpaired) electrons. The van der Waals surface area contributed by atoms with Crippen LogP contribution in [0.5, 0.6) is 5.75 Å². The summed E-state index contributed by atoms with van der Waals surface area (Å²) < 4.78 is 93.8. The zero-order valence-corrected chi connectivity index (χ0v) is 24.5. The van der Waals surface area contributed by atoms with Crippen molar-refractivity contribution in [3.63, 3.8) is 0 Å². The van der Waals surface area contributed by atoms with Gasteiger partial charge in [-0.1, -0.05) is 18.8 Å². The number of piperidine rings is 1. The quantitative estimate of drug-likeness (QED) is 0.0640. The Kier molecular flexibility index (Phi) is 9.37. The van der Waals surface area contributed by atoms with Gasteiger partial charge in [0.2, 0.25) is 34.8 Å². The fraction of sp³-hybridized carbons (Fsp3) is 0.310. The molecule has 1 aromatic heterocycles. The van der Waals surface area contributed by atoms with Crippen molar-refractivity contribution in [2.75, 3.05) is 13.1 Å². The standard InChI is InChI=1S/C29H26F6N4O4S/c1-14(27(40)42-25-21(34)19(32)18(31)20(33)22(25)35)37-26(44)24-23(15-5-7-16(30)8-6-15)36-13-39(24)17-9-11-38(12-10-17)28(41)43-29(2,3)4/h5-8,13,17H,1,9-12H2,2-4H3,(H,37,44). The molecular formula is C29H26F6N4O4S. The number of esters is 1. The normalized spacial score (nSPS) is 13.9. The Balaban J connectivity index is 1.58. The SMILES string of the molecule is C=C(NC(=S)c1c(-c2ccc(F)cc2)ncn1C1CCN(C(=O)OC(C)(C)C)CC1)C(=O)Oc1c(F)c(F)c(F)c(F)c1F. The molecule has 1 aliphatic rings. The molecule has 8 nitrogen and oxygen atoms in total. The van der Waals surface area contributed by atoms with E-state index in [4.69, 9.17) is 17.0 Å². The van der Waals surface area contributed by atoms with Gasteiger partial charge in [-0.3, -0.25) is 0 Å². The summed E-state index contributed by atoms with van der Waals surface area (Å²) in [5.41, 5.74) is -0.403. The second-order valence-electron chi connectivity index (χ2n) is 10.8. The largest absolute Gasteiger partial charge is 0.444 e. The van der Waals surface area contributed by atoms with E-state index in [0.717, 1.165) is 0 Å². The number of halogens is 6. The summed E-state index contributed by atoms with van der Waals surface area (Å²) in [6.45, 7) is 9.37. The highest BCUT2D eigenvalue weighted by Gasteiger charge is 2.32. The van der Waals surface area contributed by atoms with E-state index in [2.05, 4.69) is 21.6 Å². The van der Waals surface area contributed by atoms with Crippen LogP contribution in [0, 0.1) is 34.9 Å². The van der Waals surface area contributed by atoms with Gasteiger partial charge in [0, 0.05) is 24.7 Å². The molecule has 0 saturated carbocycles. The first-order valence-corrected chi connectivity index (χ1v) is 13.5. The van der Waals surface area contributed by atoms with Crippen LogP contribution < -0.4 is 10.1 Å². The number of nitrogens with one attached hydrogen (secondary N) is 1. The monoisotopic (exact) mass is 640 g/mol. The first-order chi connectivity index (χ1) is 20.6. The Labute approximate surface area is 253 Å². The molecule has 0 spiro atoms. The van der Waals surface area contributed by atoms with Gasteiger partial charge >= 0.3 is 12.1 Å². The molecule has 0 unspecified atom stereocenters. The Morgan fingerprint density at radius 2 is 1.50 bits per heavy atom. The predicted molar refractivity (Wildman–Crippen MR) is 150 cm³/mol. The lowest BCUT2D eigenvalue weighted by molar-refractivity contribution is -0.130. The summed E-state index contributed by atoms with van der Waals surface area (Å²) in [6, 6.07) is 5.05. The Bertz CT molecular complexity index is 1600. The van der Waals surface area contributed by atoms with Crippen molar-refractivity contribution in [2.45, 2.75) is 45.3 Å². The highest BCUT2D eigenvalue weighted by atomic mass is 32.1. The number of carbonyl (C=O) groups excluding carboxylic acids is 2. The van der Waals surface area contributed by atoms with Gasteiger partial charge in [0.25, 0.3) is 0 Å². The number of ether oxygens (including phenoxy) is 2. The van der Waals surface area contributed by atoms with E-state index < -0.39 is 64.0 Å². The van der Waals surface area contributed by atoms with Crippen LogP contribution in [0.1, 0.15) is 45.3 Å². The maximum Gasteiger partial charge on any atom is 0.410 e. The Morgan fingerprint density at radius 1 is 0.955 bits per heavy atom. The van der Waals surface area contributed by atoms with E-state index >= 15 is 0 Å². The molecule has 234 valence electrons. The molecule has 2 heterocycles. The number of rotatable bonds is 6. The summed E-state index contributed by atoms with van der Waals surface area (Å²) in [5.74, 6) is -15.6. The third-order valence-electron chi connectivity index (χ3n) is 6.51. The summed E-state index contributed by atoms with van der Waals surface area (Å²) in [7, 11) is 0. The Morgan fingerprint density at radius 3 is 2.05 bits per heavy atom. The molecule has 1 N–H and O–H groups in total. The van der Waals surface area contributed by atoms with Crippen molar-refractivity contribution in [3.05, 3.63) is 83.5 Å². The van der Waals surface area contributed by atoms with Gasteiger partial charge in [-0.2, -0.15) is 8.78 Å². The fourth-order valence-electron chi connectivity index (χ4n) is 4.41. The van der Waals surface area contributed by atoms with Gasteiger partial charge in [0.15, 0.2) is 0 Å². The molecule has 1 aliphatic heterocycles. The van der Waals surface area contributed by atoms with E-state index in [0.29, 0.717) is 31.5 Å².